The summed E-state index contributed by atoms with van der Waals surface area (Å²) in [7, 11) is 0. The summed E-state index contributed by atoms with van der Waals surface area (Å²) >= 11 is 6.16. The highest BCUT2D eigenvalue weighted by Crippen LogP contribution is 2.46. The molecule has 1 spiro atoms. The molecule has 0 bridgehead atoms. The van der Waals surface area contributed by atoms with E-state index in [4.69, 9.17) is 16.1 Å². The maximum Gasteiger partial charge on any atom is 0.323 e. The Kier molecular flexibility index (Phi) is 3.39. The van der Waals surface area contributed by atoms with Crippen molar-refractivity contribution in [3.05, 3.63) is 45.3 Å². The Morgan fingerprint density at radius 3 is 2.54 bits per heavy atom. The number of urea groups is 1. The number of carbonyl (C=O) groups excluding carboxylic acids is 3. The highest BCUT2D eigenvalue weighted by Gasteiger charge is 2.61. The van der Waals surface area contributed by atoms with E-state index in [1.165, 1.54) is 4.90 Å². The van der Waals surface area contributed by atoms with E-state index in [0.29, 0.717) is 27.7 Å². The van der Waals surface area contributed by atoms with E-state index < -0.39 is 23.4 Å². The Hall–Kier alpha value is -2.87. The molecule has 1 unspecified atom stereocenters. The van der Waals surface area contributed by atoms with Crippen LogP contribution in [0.1, 0.15) is 28.1 Å². The molecule has 0 aliphatic carbocycles. The fourth-order valence-corrected chi connectivity index (χ4v) is 3.90. The molecule has 2 aliphatic rings. The van der Waals surface area contributed by atoms with E-state index in [2.05, 4.69) is 15.8 Å². The van der Waals surface area contributed by atoms with Crippen LogP contribution >= 0.6 is 11.6 Å². The Morgan fingerprint density at radius 1 is 1.23 bits per heavy atom. The lowest BCUT2D eigenvalue weighted by atomic mass is 9.90. The van der Waals surface area contributed by atoms with E-state index in [-0.39, 0.29) is 6.54 Å². The first kappa shape index (κ1) is 16.6. The van der Waals surface area contributed by atoms with Crippen LogP contribution in [0.5, 0.6) is 0 Å². The second-order valence-electron chi connectivity index (χ2n) is 6.47. The lowest BCUT2D eigenvalue weighted by Gasteiger charge is -2.21. The van der Waals surface area contributed by atoms with Gasteiger partial charge in [-0.3, -0.25) is 14.9 Å². The molecule has 0 saturated carbocycles. The summed E-state index contributed by atoms with van der Waals surface area (Å²) in [5.74, 6) is -0.665. The molecule has 3 heterocycles. The van der Waals surface area contributed by atoms with Crippen molar-refractivity contribution < 1.29 is 18.9 Å². The van der Waals surface area contributed by atoms with Gasteiger partial charge in [-0.2, -0.15) is 0 Å². The number of halogens is 1. The highest BCUT2D eigenvalue weighted by atomic mass is 35.5. The van der Waals surface area contributed by atoms with E-state index in [1.54, 1.807) is 32.9 Å². The molecule has 2 aromatic rings. The first-order valence-electron chi connectivity index (χ1n) is 7.93. The SMILES string of the molecule is Cc1cc(Cl)cc2c1N(Cc1c(C)noc1C)C(=O)C21NC(=O)NC1=O. The minimum atomic E-state index is -1.80. The van der Waals surface area contributed by atoms with Crippen molar-refractivity contribution in [3.63, 3.8) is 0 Å². The molecule has 1 atom stereocenters. The van der Waals surface area contributed by atoms with Crippen molar-refractivity contribution >= 4 is 35.1 Å². The monoisotopic (exact) mass is 374 g/mol. The third-order valence-electron chi connectivity index (χ3n) is 4.87. The quantitative estimate of drug-likeness (QED) is 0.616. The molecule has 2 N–H and O–H groups in total. The van der Waals surface area contributed by atoms with E-state index in [0.717, 1.165) is 11.1 Å². The number of benzene rings is 1. The molecule has 8 nitrogen and oxygen atoms in total. The topological polar surface area (TPSA) is 105 Å². The first-order valence-corrected chi connectivity index (χ1v) is 8.31. The Labute approximate surface area is 153 Å². The Morgan fingerprint density at radius 2 is 1.96 bits per heavy atom. The summed E-state index contributed by atoms with van der Waals surface area (Å²) < 4.78 is 5.18. The number of carbonyl (C=O) groups is 3. The van der Waals surface area contributed by atoms with Crippen LogP contribution in [0.2, 0.25) is 5.02 Å². The van der Waals surface area contributed by atoms with Gasteiger partial charge in [-0.15, -0.1) is 0 Å². The zero-order valence-electron chi connectivity index (χ0n) is 14.3. The predicted molar refractivity (Wildman–Crippen MR) is 91.7 cm³/mol. The summed E-state index contributed by atoms with van der Waals surface area (Å²) in [6.45, 7) is 5.50. The maximum absolute atomic E-state index is 13.3. The number of rotatable bonds is 2. The van der Waals surface area contributed by atoms with Crippen molar-refractivity contribution in [3.8, 4) is 0 Å². The van der Waals surface area contributed by atoms with E-state index >= 15 is 0 Å². The molecular formula is C17H15ClN4O4. The normalized spacial score (nSPS) is 21.4. The average Bonchev–Trinajstić information content (AvgIpc) is 3.12. The molecule has 2 aliphatic heterocycles. The van der Waals surface area contributed by atoms with Gasteiger partial charge in [0, 0.05) is 16.1 Å². The van der Waals surface area contributed by atoms with Crippen LogP contribution in [0, 0.1) is 20.8 Å². The third-order valence-corrected chi connectivity index (χ3v) is 5.09. The minimum Gasteiger partial charge on any atom is -0.361 e. The number of nitrogens with zero attached hydrogens (tertiary/aromatic N) is 2. The van der Waals surface area contributed by atoms with Gasteiger partial charge in [-0.25, -0.2) is 4.79 Å². The van der Waals surface area contributed by atoms with E-state index in [9.17, 15) is 14.4 Å². The molecule has 4 rings (SSSR count). The minimum absolute atomic E-state index is 0.167. The second kappa shape index (κ2) is 5.31. The summed E-state index contributed by atoms with van der Waals surface area (Å²) in [4.78, 5) is 39.2. The van der Waals surface area contributed by atoms with Gasteiger partial charge in [0.25, 0.3) is 11.8 Å². The van der Waals surface area contributed by atoms with Crippen LogP contribution in [-0.4, -0.2) is 23.0 Å². The van der Waals surface area contributed by atoms with Crippen LogP contribution in [0.15, 0.2) is 16.7 Å². The van der Waals surface area contributed by atoms with Gasteiger partial charge in [-0.05, 0) is 38.5 Å². The number of fused-ring (bicyclic) bond motifs is 2. The van der Waals surface area contributed by atoms with Crippen LogP contribution in [0.25, 0.3) is 0 Å². The standard InChI is InChI=1S/C17H15ClN4O4/c1-7-4-10(18)5-12-13(7)22(6-11-8(2)21-26-9(11)3)15(24)17(12)14(23)19-16(25)20-17/h4-5H,6H2,1-3H3,(H2,19,20,23,25). The molecule has 26 heavy (non-hydrogen) atoms. The highest BCUT2D eigenvalue weighted by molar-refractivity contribution is 6.32. The number of aromatic nitrogens is 1. The fourth-order valence-electron chi connectivity index (χ4n) is 3.63. The summed E-state index contributed by atoms with van der Waals surface area (Å²) in [6.07, 6.45) is 0. The molecule has 0 radical (unpaired) electrons. The zero-order chi connectivity index (χ0) is 18.8. The van der Waals surface area contributed by atoms with Gasteiger partial charge in [0.2, 0.25) is 5.54 Å². The smallest absolute Gasteiger partial charge is 0.323 e. The molecule has 1 saturated heterocycles. The summed E-state index contributed by atoms with van der Waals surface area (Å²) in [6, 6.07) is 2.54. The molecule has 1 aromatic heterocycles. The Bertz CT molecular complexity index is 979. The summed E-state index contributed by atoms with van der Waals surface area (Å²) in [5, 5.41) is 8.93. The largest absolute Gasteiger partial charge is 0.361 e. The van der Waals surface area contributed by atoms with Gasteiger partial charge >= 0.3 is 6.03 Å². The fraction of sp³-hybridized carbons (Fsp3) is 0.294. The molecule has 9 heteroatoms. The average molecular weight is 375 g/mol. The van der Waals surface area contributed by atoms with Crippen molar-refractivity contribution in [1.82, 2.24) is 15.8 Å². The van der Waals surface area contributed by atoms with Crippen LogP contribution in [0.4, 0.5) is 10.5 Å². The maximum atomic E-state index is 13.3. The van der Waals surface area contributed by atoms with Gasteiger partial charge in [0.1, 0.15) is 5.76 Å². The number of aryl methyl sites for hydroxylation is 3. The molecule has 1 aromatic carbocycles. The van der Waals surface area contributed by atoms with Crippen molar-refractivity contribution in [2.45, 2.75) is 32.9 Å². The molecule has 1 fully saturated rings. The van der Waals surface area contributed by atoms with Gasteiger partial charge < -0.3 is 14.7 Å². The van der Waals surface area contributed by atoms with Crippen LogP contribution in [0.3, 0.4) is 0 Å². The lowest BCUT2D eigenvalue weighted by molar-refractivity contribution is -0.134. The van der Waals surface area contributed by atoms with Gasteiger partial charge in [0.05, 0.1) is 17.9 Å². The molecular weight excluding hydrogens is 360 g/mol. The third kappa shape index (κ3) is 2.02. The lowest BCUT2D eigenvalue weighted by Crippen LogP contribution is -2.52. The van der Waals surface area contributed by atoms with Gasteiger partial charge in [-0.1, -0.05) is 16.8 Å². The zero-order valence-corrected chi connectivity index (χ0v) is 15.0. The number of hydrogen-bond acceptors (Lipinski definition) is 5. The first-order chi connectivity index (χ1) is 12.3. The number of imide groups is 1. The Balaban J connectivity index is 1.92. The van der Waals surface area contributed by atoms with Crippen LogP contribution < -0.4 is 15.5 Å². The number of anilines is 1. The number of hydrogen-bond donors (Lipinski definition) is 2. The summed E-state index contributed by atoms with van der Waals surface area (Å²) in [5.41, 5.74) is 1.24. The van der Waals surface area contributed by atoms with Crippen LogP contribution in [-0.2, 0) is 21.7 Å². The van der Waals surface area contributed by atoms with Gasteiger partial charge in [0.15, 0.2) is 0 Å². The molecule has 134 valence electrons. The second-order valence-corrected chi connectivity index (χ2v) is 6.91. The predicted octanol–water partition coefficient (Wildman–Crippen LogP) is 1.83. The van der Waals surface area contributed by atoms with Crippen molar-refractivity contribution in [2.24, 2.45) is 0 Å². The number of amides is 4. The van der Waals surface area contributed by atoms with E-state index in [1.807, 2.05) is 0 Å². The number of nitrogens with one attached hydrogen (secondary N) is 2. The molecule has 4 amide bonds. The van der Waals surface area contributed by atoms with Crippen molar-refractivity contribution in [1.29, 1.82) is 0 Å². The van der Waals surface area contributed by atoms with Crippen molar-refractivity contribution in [2.75, 3.05) is 4.90 Å².